The first-order chi connectivity index (χ1) is 6.25. The Labute approximate surface area is 88.5 Å². The molecule has 2 atom stereocenters. The summed E-state index contributed by atoms with van der Waals surface area (Å²) in [5.74, 6) is 0.889. The summed E-state index contributed by atoms with van der Waals surface area (Å²) in [4.78, 5) is 2.51. The van der Waals surface area contributed by atoms with Crippen molar-refractivity contribution >= 4 is 15.9 Å². The minimum atomic E-state index is 0.805. The molecule has 0 spiro atoms. The Bertz CT molecular complexity index is 205. The first-order valence-corrected chi connectivity index (χ1v) is 5.84. The lowest BCUT2D eigenvalue weighted by atomic mass is 9.93. The van der Waals surface area contributed by atoms with Crippen LogP contribution >= 0.6 is 15.9 Å². The van der Waals surface area contributed by atoms with E-state index in [2.05, 4.69) is 32.7 Å². The number of likely N-dealkylation sites (tertiary alicyclic amines) is 1. The maximum atomic E-state index is 3.89. The molecule has 0 aromatic heterocycles. The van der Waals surface area contributed by atoms with Gasteiger partial charge in [0.25, 0.3) is 0 Å². The Morgan fingerprint density at radius 2 is 2.38 bits per heavy atom. The predicted octanol–water partition coefficient (Wildman–Crippen LogP) is 1.58. The summed E-state index contributed by atoms with van der Waals surface area (Å²) in [7, 11) is 0. The van der Waals surface area contributed by atoms with Gasteiger partial charge in [-0.1, -0.05) is 22.5 Å². The summed E-state index contributed by atoms with van der Waals surface area (Å²) in [5, 5.41) is 3.57. The van der Waals surface area contributed by atoms with Gasteiger partial charge in [0.2, 0.25) is 0 Å². The summed E-state index contributed by atoms with van der Waals surface area (Å²) in [5.41, 5.74) is 0. The SMILES string of the molecule is C=C(Br)CN1CCC2NCCC2C1. The van der Waals surface area contributed by atoms with Gasteiger partial charge in [0.1, 0.15) is 0 Å². The second kappa shape index (κ2) is 4.11. The maximum Gasteiger partial charge on any atom is 0.0294 e. The Hall–Kier alpha value is 0.140. The topological polar surface area (TPSA) is 15.3 Å². The molecule has 74 valence electrons. The first-order valence-electron chi connectivity index (χ1n) is 5.05. The number of halogens is 1. The number of nitrogens with one attached hydrogen (secondary N) is 1. The van der Waals surface area contributed by atoms with Gasteiger partial charge >= 0.3 is 0 Å². The van der Waals surface area contributed by atoms with Crippen LogP contribution in [0.2, 0.25) is 0 Å². The van der Waals surface area contributed by atoms with Crippen LogP contribution in [0.3, 0.4) is 0 Å². The van der Waals surface area contributed by atoms with Crippen LogP contribution in [0.25, 0.3) is 0 Å². The molecule has 2 rings (SSSR count). The van der Waals surface area contributed by atoms with E-state index < -0.39 is 0 Å². The Balaban J connectivity index is 1.86. The Morgan fingerprint density at radius 3 is 3.15 bits per heavy atom. The molecule has 0 amide bonds. The van der Waals surface area contributed by atoms with E-state index in [1.165, 1.54) is 32.5 Å². The van der Waals surface area contributed by atoms with Crippen LogP contribution < -0.4 is 5.32 Å². The van der Waals surface area contributed by atoms with Gasteiger partial charge in [-0.25, -0.2) is 0 Å². The molecular formula is C10H17BrN2. The van der Waals surface area contributed by atoms with Crippen molar-refractivity contribution in [1.82, 2.24) is 10.2 Å². The molecule has 0 aromatic carbocycles. The smallest absolute Gasteiger partial charge is 0.0294 e. The molecular weight excluding hydrogens is 228 g/mol. The summed E-state index contributed by atoms with van der Waals surface area (Å²) < 4.78 is 1.11. The molecule has 2 fully saturated rings. The molecule has 1 N–H and O–H groups in total. The van der Waals surface area contributed by atoms with E-state index >= 15 is 0 Å². The van der Waals surface area contributed by atoms with Gasteiger partial charge in [0, 0.05) is 30.2 Å². The monoisotopic (exact) mass is 244 g/mol. The van der Waals surface area contributed by atoms with Crippen molar-refractivity contribution in [3.8, 4) is 0 Å². The zero-order valence-corrected chi connectivity index (χ0v) is 9.52. The third kappa shape index (κ3) is 2.33. The highest BCUT2D eigenvalue weighted by Crippen LogP contribution is 2.25. The summed E-state index contributed by atoms with van der Waals surface area (Å²) in [6.07, 6.45) is 2.67. The highest BCUT2D eigenvalue weighted by atomic mass is 79.9. The summed E-state index contributed by atoms with van der Waals surface area (Å²) in [6, 6.07) is 0.805. The summed E-state index contributed by atoms with van der Waals surface area (Å²) >= 11 is 3.43. The number of nitrogens with zero attached hydrogens (tertiary/aromatic N) is 1. The van der Waals surface area contributed by atoms with E-state index in [1.807, 2.05) is 0 Å². The van der Waals surface area contributed by atoms with E-state index in [0.29, 0.717) is 0 Å². The standard InChI is InChI=1S/C10H17BrN2/c1-8(11)6-13-5-3-10-9(7-13)2-4-12-10/h9-10,12H,1-7H2. The zero-order chi connectivity index (χ0) is 9.26. The second-order valence-electron chi connectivity index (χ2n) is 4.15. The molecule has 2 saturated heterocycles. The molecule has 2 aliphatic heterocycles. The van der Waals surface area contributed by atoms with Crippen LogP contribution in [0, 0.1) is 5.92 Å². The van der Waals surface area contributed by atoms with Crippen LogP contribution in [0.4, 0.5) is 0 Å². The van der Waals surface area contributed by atoms with Crippen molar-refractivity contribution in [1.29, 1.82) is 0 Å². The van der Waals surface area contributed by atoms with Crippen LogP contribution in [-0.2, 0) is 0 Å². The molecule has 3 heteroatoms. The van der Waals surface area contributed by atoms with Gasteiger partial charge in [0.15, 0.2) is 0 Å². The number of hydrogen-bond donors (Lipinski definition) is 1. The minimum Gasteiger partial charge on any atom is -0.314 e. The molecule has 0 aliphatic carbocycles. The van der Waals surface area contributed by atoms with Crippen molar-refractivity contribution in [2.24, 2.45) is 5.92 Å². The van der Waals surface area contributed by atoms with E-state index in [0.717, 1.165) is 23.0 Å². The van der Waals surface area contributed by atoms with E-state index in [4.69, 9.17) is 0 Å². The minimum absolute atomic E-state index is 0.805. The van der Waals surface area contributed by atoms with Crippen LogP contribution in [0.1, 0.15) is 12.8 Å². The fraction of sp³-hybridized carbons (Fsp3) is 0.800. The maximum absolute atomic E-state index is 3.89. The Kier molecular flexibility index (Phi) is 3.06. The van der Waals surface area contributed by atoms with E-state index in [1.54, 1.807) is 0 Å². The predicted molar refractivity (Wildman–Crippen MR) is 59.0 cm³/mol. The number of piperidine rings is 1. The molecule has 0 radical (unpaired) electrons. The van der Waals surface area contributed by atoms with Gasteiger partial charge in [0.05, 0.1) is 0 Å². The highest BCUT2D eigenvalue weighted by molar-refractivity contribution is 9.11. The molecule has 13 heavy (non-hydrogen) atoms. The largest absolute Gasteiger partial charge is 0.314 e. The van der Waals surface area contributed by atoms with Crippen molar-refractivity contribution in [3.63, 3.8) is 0 Å². The number of hydrogen-bond acceptors (Lipinski definition) is 2. The van der Waals surface area contributed by atoms with Gasteiger partial charge < -0.3 is 5.32 Å². The van der Waals surface area contributed by atoms with Crippen molar-refractivity contribution < 1.29 is 0 Å². The quantitative estimate of drug-likeness (QED) is 0.794. The fourth-order valence-electron chi connectivity index (χ4n) is 2.51. The lowest BCUT2D eigenvalue weighted by Gasteiger charge is -2.34. The molecule has 0 bridgehead atoms. The van der Waals surface area contributed by atoms with Crippen molar-refractivity contribution in [2.45, 2.75) is 18.9 Å². The van der Waals surface area contributed by atoms with Gasteiger partial charge in [-0.15, -0.1) is 0 Å². The molecule has 2 nitrogen and oxygen atoms in total. The molecule has 2 unspecified atom stereocenters. The molecule has 2 aliphatic rings. The van der Waals surface area contributed by atoms with E-state index in [9.17, 15) is 0 Å². The van der Waals surface area contributed by atoms with Gasteiger partial charge in [-0.05, 0) is 25.3 Å². The lowest BCUT2D eigenvalue weighted by Crippen LogP contribution is -2.44. The van der Waals surface area contributed by atoms with Crippen LogP contribution in [0.15, 0.2) is 11.1 Å². The fourth-order valence-corrected chi connectivity index (χ4v) is 2.86. The lowest BCUT2D eigenvalue weighted by molar-refractivity contribution is 0.177. The Morgan fingerprint density at radius 1 is 1.54 bits per heavy atom. The van der Waals surface area contributed by atoms with Crippen molar-refractivity contribution in [3.05, 3.63) is 11.1 Å². The average Bonchev–Trinajstić information content (AvgIpc) is 2.49. The van der Waals surface area contributed by atoms with Gasteiger partial charge in [-0.2, -0.15) is 0 Å². The third-order valence-electron chi connectivity index (χ3n) is 3.13. The van der Waals surface area contributed by atoms with E-state index in [-0.39, 0.29) is 0 Å². The molecule has 2 heterocycles. The van der Waals surface area contributed by atoms with Gasteiger partial charge in [-0.3, -0.25) is 4.90 Å². The average molecular weight is 245 g/mol. The second-order valence-corrected chi connectivity index (χ2v) is 5.27. The van der Waals surface area contributed by atoms with Crippen molar-refractivity contribution in [2.75, 3.05) is 26.2 Å². The van der Waals surface area contributed by atoms with Crippen LogP contribution in [-0.4, -0.2) is 37.1 Å². The first kappa shape index (κ1) is 9.69. The normalized spacial score (nSPS) is 34.5. The molecule has 0 aromatic rings. The molecule has 0 saturated carbocycles. The highest BCUT2D eigenvalue weighted by Gasteiger charge is 2.32. The summed E-state index contributed by atoms with van der Waals surface area (Å²) in [6.45, 7) is 8.61. The van der Waals surface area contributed by atoms with Crippen LogP contribution in [0.5, 0.6) is 0 Å². The third-order valence-corrected chi connectivity index (χ3v) is 3.39. The number of rotatable bonds is 2. The zero-order valence-electron chi connectivity index (χ0n) is 7.93. The number of fused-ring (bicyclic) bond motifs is 1.